The zero-order valence-corrected chi connectivity index (χ0v) is 13.0. The molecule has 0 atom stereocenters. The smallest absolute Gasteiger partial charge is 0.338 e. The summed E-state index contributed by atoms with van der Waals surface area (Å²) in [5.74, 6) is 0.265. The molecule has 2 aromatic carbocycles. The number of hydrogen-bond donors (Lipinski definition) is 2. The predicted octanol–water partition coefficient (Wildman–Crippen LogP) is 3.52. The van der Waals surface area contributed by atoms with Gasteiger partial charge in [0.25, 0.3) is 0 Å². The van der Waals surface area contributed by atoms with Crippen molar-refractivity contribution in [3.8, 4) is 5.75 Å². The van der Waals surface area contributed by atoms with Gasteiger partial charge in [0.2, 0.25) is 0 Å². The Hall–Kier alpha value is -3.02. The number of nitrogens with one attached hydrogen (secondary N) is 2. The van der Waals surface area contributed by atoms with Crippen LogP contribution in [0.3, 0.4) is 0 Å². The van der Waals surface area contributed by atoms with Gasteiger partial charge in [0, 0.05) is 17.4 Å². The second-order valence-corrected chi connectivity index (χ2v) is 4.61. The molecule has 0 aliphatic heterocycles. The predicted molar refractivity (Wildman–Crippen MR) is 88.0 cm³/mol. The van der Waals surface area contributed by atoms with Gasteiger partial charge < -0.3 is 20.1 Å². The Balaban J connectivity index is 1.96. The Morgan fingerprint density at radius 3 is 2.35 bits per heavy atom. The summed E-state index contributed by atoms with van der Waals surface area (Å²) in [5.41, 5.74) is 1.62. The quantitative estimate of drug-likeness (QED) is 0.828. The van der Waals surface area contributed by atoms with Crippen LogP contribution in [0, 0.1) is 0 Å². The van der Waals surface area contributed by atoms with Gasteiger partial charge in [-0.3, -0.25) is 0 Å². The van der Waals surface area contributed by atoms with E-state index in [1.165, 1.54) is 0 Å². The maximum atomic E-state index is 11.9. The van der Waals surface area contributed by atoms with Crippen molar-refractivity contribution in [1.82, 2.24) is 0 Å². The van der Waals surface area contributed by atoms with Crippen molar-refractivity contribution in [2.75, 3.05) is 24.4 Å². The van der Waals surface area contributed by atoms with E-state index in [1.54, 1.807) is 62.6 Å². The monoisotopic (exact) mass is 314 g/mol. The van der Waals surface area contributed by atoms with Crippen LogP contribution < -0.4 is 15.4 Å². The zero-order valence-electron chi connectivity index (χ0n) is 13.0. The molecule has 2 amide bonds. The Morgan fingerprint density at radius 1 is 1.00 bits per heavy atom. The minimum absolute atomic E-state index is 0.321. The molecule has 2 N–H and O–H groups in total. The fourth-order valence-corrected chi connectivity index (χ4v) is 1.90. The van der Waals surface area contributed by atoms with Crippen LogP contribution in [-0.2, 0) is 4.74 Å². The summed E-state index contributed by atoms with van der Waals surface area (Å²) < 4.78 is 9.99. The van der Waals surface area contributed by atoms with Crippen molar-refractivity contribution < 1.29 is 19.1 Å². The van der Waals surface area contributed by atoms with E-state index in [0.29, 0.717) is 29.3 Å². The third-order valence-electron chi connectivity index (χ3n) is 2.98. The van der Waals surface area contributed by atoms with E-state index < -0.39 is 0 Å². The van der Waals surface area contributed by atoms with E-state index in [0.717, 1.165) is 0 Å². The van der Waals surface area contributed by atoms with Crippen molar-refractivity contribution in [2.24, 2.45) is 0 Å². The lowest BCUT2D eigenvalue weighted by atomic mass is 10.2. The molecule has 0 saturated carbocycles. The van der Waals surface area contributed by atoms with Crippen molar-refractivity contribution in [1.29, 1.82) is 0 Å². The van der Waals surface area contributed by atoms with Gasteiger partial charge in [-0.1, -0.05) is 6.07 Å². The summed E-state index contributed by atoms with van der Waals surface area (Å²) >= 11 is 0. The van der Waals surface area contributed by atoms with Gasteiger partial charge in [-0.25, -0.2) is 9.59 Å². The first-order valence-corrected chi connectivity index (χ1v) is 7.11. The number of carbonyl (C=O) groups excluding carboxylic acids is 2. The number of ether oxygens (including phenoxy) is 2. The summed E-state index contributed by atoms with van der Waals surface area (Å²) in [7, 11) is 1.56. The standard InChI is InChI=1S/C17H18N2O4/c1-3-23-16(20)12-7-9-13(10-8-12)18-17(21)19-14-5-4-6-15(11-14)22-2/h4-11H,3H2,1-2H3,(H2,18,19,21). The molecule has 23 heavy (non-hydrogen) atoms. The molecule has 0 aliphatic rings. The number of urea groups is 1. The lowest BCUT2D eigenvalue weighted by Gasteiger charge is -2.09. The molecular weight excluding hydrogens is 296 g/mol. The number of methoxy groups -OCH3 is 1. The number of anilines is 2. The number of benzene rings is 2. The van der Waals surface area contributed by atoms with E-state index in [-0.39, 0.29) is 12.0 Å². The molecule has 0 heterocycles. The SMILES string of the molecule is CCOC(=O)c1ccc(NC(=O)Nc2cccc(OC)c2)cc1. The Kier molecular flexibility index (Phi) is 5.57. The van der Waals surface area contributed by atoms with Crippen LogP contribution in [0.25, 0.3) is 0 Å². The summed E-state index contributed by atoms with van der Waals surface area (Å²) in [5, 5.41) is 5.38. The molecule has 0 spiro atoms. The Labute approximate surface area is 134 Å². The normalized spacial score (nSPS) is 9.83. The second-order valence-electron chi connectivity index (χ2n) is 4.61. The van der Waals surface area contributed by atoms with E-state index in [1.807, 2.05) is 0 Å². The number of carbonyl (C=O) groups is 2. The molecule has 2 aromatic rings. The van der Waals surface area contributed by atoms with Crippen molar-refractivity contribution >= 4 is 23.4 Å². The van der Waals surface area contributed by atoms with E-state index in [4.69, 9.17) is 9.47 Å². The fourth-order valence-electron chi connectivity index (χ4n) is 1.90. The molecular formula is C17H18N2O4. The lowest BCUT2D eigenvalue weighted by Crippen LogP contribution is -2.19. The maximum Gasteiger partial charge on any atom is 0.338 e. The van der Waals surface area contributed by atoms with Gasteiger partial charge in [0.05, 0.1) is 19.3 Å². The number of amides is 2. The maximum absolute atomic E-state index is 11.9. The first-order valence-electron chi connectivity index (χ1n) is 7.11. The lowest BCUT2D eigenvalue weighted by molar-refractivity contribution is 0.0526. The van der Waals surface area contributed by atoms with E-state index in [2.05, 4.69) is 10.6 Å². The van der Waals surface area contributed by atoms with Gasteiger partial charge in [-0.2, -0.15) is 0 Å². The highest BCUT2D eigenvalue weighted by Crippen LogP contribution is 2.17. The first-order chi connectivity index (χ1) is 11.1. The van der Waals surface area contributed by atoms with Crippen LogP contribution in [0.5, 0.6) is 5.75 Å². The molecule has 6 nitrogen and oxygen atoms in total. The summed E-state index contributed by atoms with van der Waals surface area (Å²) in [6.45, 7) is 2.07. The van der Waals surface area contributed by atoms with Crippen LogP contribution in [-0.4, -0.2) is 25.7 Å². The molecule has 2 rings (SSSR count). The summed E-state index contributed by atoms with van der Waals surface area (Å²) in [6.07, 6.45) is 0. The van der Waals surface area contributed by atoms with Gasteiger partial charge in [-0.05, 0) is 43.3 Å². The van der Waals surface area contributed by atoms with Crippen LogP contribution in [0.4, 0.5) is 16.2 Å². The number of hydrogen-bond acceptors (Lipinski definition) is 4. The largest absolute Gasteiger partial charge is 0.497 e. The topological polar surface area (TPSA) is 76.7 Å². The number of esters is 1. The summed E-state index contributed by atoms with van der Waals surface area (Å²) in [4.78, 5) is 23.5. The van der Waals surface area contributed by atoms with Crippen molar-refractivity contribution in [3.63, 3.8) is 0 Å². The molecule has 120 valence electrons. The molecule has 0 aromatic heterocycles. The fraction of sp³-hybridized carbons (Fsp3) is 0.176. The third kappa shape index (κ3) is 4.74. The highest BCUT2D eigenvalue weighted by atomic mass is 16.5. The average Bonchev–Trinajstić information content (AvgIpc) is 2.55. The minimum Gasteiger partial charge on any atom is -0.497 e. The Morgan fingerprint density at radius 2 is 1.70 bits per heavy atom. The number of rotatable bonds is 5. The Bertz CT molecular complexity index is 683. The molecule has 0 bridgehead atoms. The minimum atomic E-state index is -0.389. The van der Waals surface area contributed by atoms with Gasteiger partial charge in [0.15, 0.2) is 0 Å². The van der Waals surface area contributed by atoms with Crippen LogP contribution in [0.2, 0.25) is 0 Å². The van der Waals surface area contributed by atoms with Crippen molar-refractivity contribution in [2.45, 2.75) is 6.92 Å². The molecule has 0 radical (unpaired) electrons. The van der Waals surface area contributed by atoms with Crippen LogP contribution in [0.15, 0.2) is 48.5 Å². The molecule has 6 heteroatoms. The average molecular weight is 314 g/mol. The van der Waals surface area contributed by atoms with E-state index in [9.17, 15) is 9.59 Å². The molecule has 0 aliphatic carbocycles. The molecule has 0 fully saturated rings. The van der Waals surface area contributed by atoms with Gasteiger partial charge >= 0.3 is 12.0 Å². The summed E-state index contributed by atoms with van der Waals surface area (Å²) in [6, 6.07) is 13.1. The van der Waals surface area contributed by atoms with Gasteiger partial charge in [-0.15, -0.1) is 0 Å². The van der Waals surface area contributed by atoms with Gasteiger partial charge in [0.1, 0.15) is 5.75 Å². The third-order valence-corrected chi connectivity index (χ3v) is 2.98. The molecule has 0 saturated heterocycles. The van der Waals surface area contributed by atoms with Crippen LogP contribution >= 0.6 is 0 Å². The molecule has 0 unspecified atom stereocenters. The van der Waals surface area contributed by atoms with Crippen molar-refractivity contribution in [3.05, 3.63) is 54.1 Å². The second kappa shape index (κ2) is 7.84. The van der Waals surface area contributed by atoms with E-state index >= 15 is 0 Å². The first kappa shape index (κ1) is 16.4. The highest BCUT2D eigenvalue weighted by Gasteiger charge is 2.07. The van der Waals surface area contributed by atoms with Crippen LogP contribution in [0.1, 0.15) is 17.3 Å². The highest BCUT2D eigenvalue weighted by molar-refractivity contribution is 6.00. The zero-order chi connectivity index (χ0) is 16.7.